The Hall–Kier alpha value is -1.71. The molecule has 3 rings (SSSR count). The fraction of sp³-hybridized carbons (Fsp3) is 0.235. The van der Waals surface area contributed by atoms with Crippen LogP contribution in [-0.4, -0.2) is 18.6 Å². The van der Waals surface area contributed by atoms with Gasteiger partial charge in [0.05, 0.1) is 10.7 Å². The van der Waals surface area contributed by atoms with E-state index in [1.807, 2.05) is 7.05 Å². The third-order valence-electron chi connectivity index (χ3n) is 3.52. The topological polar surface area (TPSA) is 24.9 Å². The summed E-state index contributed by atoms with van der Waals surface area (Å²) in [7, 11) is 1.98. The van der Waals surface area contributed by atoms with Crippen molar-refractivity contribution >= 4 is 22.1 Å². The Morgan fingerprint density at radius 1 is 1.15 bits per heavy atom. The molecule has 0 fully saturated rings. The predicted octanol–water partition coefficient (Wildman–Crippen LogP) is 4.29. The van der Waals surface area contributed by atoms with E-state index in [1.54, 1.807) is 11.3 Å². The molecule has 0 saturated carbocycles. The van der Waals surface area contributed by atoms with Gasteiger partial charge in [-0.2, -0.15) is 0 Å². The number of hydrogen-bond acceptors (Lipinski definition) is 3. The molecule has 2 aromatic carbocycles. The summed E-state index contributed by atoms with van der Waals surface area (Å²) in [4.78, 5) is 4.83. The molecule has 1 unspecified atom stereocenters. The van der Waals surface area contributed by atoms with Crippen LogP contribution >= 0.6 is 11.3 Å². The number of fused-ring (bicyclic) bond motifs is 1. The Bertz CT molecular complexity index is 712. The fourth-order valence-electron chi connectivity index (χ4n) is 2.48. The van der Waals surface area contributed by atoms with Crippen molar-refractivity contribution in [2.45, 2.75) is 12.8 Å². The molecular formula is C17H18N2S. The third-order valence-corrected chi connectivity index (χ3v) is 4.60. The lowest BCUT2D eigenvalue weighted by molar-refractivity contribution is 0.674. The molecule has 1 N–H and O–H groups in total. The molecule has 1 heterocycles. The Labute approximate surface area is 123 Å². The van der Waals surface area contributed by atoms with Crippen molar-refractivity contribution in [2.24, 2.45) is 0 Å². The SMILES string of the molecule is CNCC(C)c1nc(-c2cccc3ccccc23)cs1. The van der Waals surface area contributed by atoms with Gasteiger partial charge in [0, 0.05) is 23.4 Å². The third kappa shape index (κ3) is 2.47. The molecule has 0 bridgehead atoms. The Balaban J connectivity index is 2.03. The van der Waals surface area contributed by atoms with Gasteiger partial charge in [-0.25, -0.2) is 4.98 Å². The maximum absolute atomic E-state index is 4.83. The predicted molar refractivity (Wildman–Crippen MR) is 87.4 cm³/mol. The standard InChI is InChI=1S/C17H18N2S/c1-12(10-18-2)17-19-16(11-20-17)15-9-5-7-13-6-3-4-8-14(13)15/h3-9,11-12,18H,10H2,1-2H3. The van der Waals surface area contributed by atoms with Crippen molar-refractivity contribution in [3.8, 4) is 11.3 Å². The normalized spacial score (nSPS) is 12.7. The first kappa shape index (κ1) is 13.3. The van der Waals surface area contributed by atoms with Crippen molar-refractivity contribution in [1.29, 1.82) is 0 Å². The van der Waals surface area contributed by atoms with Crippen LogP contribution in [0, 0.1) is 0 Å². The molecule has 20 heavy (non-hydrogen) atoms. The first-order valence-electron chi connectivity index (χ1n) is 6.87. The van der Waals surface area contributed by atoms with Gasteiger partial charge in [-0.3, -0.25) is 0 Å². The lowest BCUT2D eigenvalue weighted by atomic mass is 10.0. The van der Waals surface area contributed by atoms with Gasteiger partial charge in [-0.05, 0) is 17.8 Å². The highest BCUT2D eigenvalue weighted by molar-refractivity contribution is 7.10. The summed E-state index contributed by atoms with van der Waals surface area (Å²) < 4.78 is 0. The van der Waals surface area contributed by atoms with Crippen LogP contribution in [0.4, 0.5) is 0 Å². The van der Waals surface area contributed by atoms with Gasteiger partial charge in [0.25, 0.3) is 0 Å². The zero-order valence-corrected chi connectivity index (χ0v) is 12.6. The second-order valence-electron chi connectivity index (χ2n) is 5.06. The number of likely N-dealkylation sites (N-methyl/N-ethyl adjacent to an activating group) is 1. The number of hydrogen-bond donors (Lipinski definition) is 1. The van der Waals surface area contributed by atoms with Gasteiger partial charge in [0.15, 0.2) is 0 Å². The molecule has 0 saturated heterocycles. The lowest BCUT2D eigenvalue weighted by Crippen LogP contribution is -2.14. The molecule has 0 amide bonds. The molecule has 3 aromatic rings. The van der Waals surface area contributed by atoms with Crippen molar-refractivity contribution in [3.05, 3.63) is 52.9 Å². The quantitative estimate of drug-likeness (QED) is 0.772. The number of thiazole rings is 1. The smallest absolute Gasteiger partial charge is 0.0973 e. The van der Waals surface area contributed by atoms with Gasteiger partial charge < -0.3 is 5.32 Å². The van der Waals surface area contributed by atoms with Crippen LogP contribution in [0.25, 0.3) is 22.0 Å². The molecule has 102 valence electrons. The largest absolute Gasteiger partial charge is 0.319 e. The van der Waals surface area contributed by atoms with Crippen LogP contribution in [0.15, 0.2) is 47.8 Å². The van der Waals surface area contributed by atoms with Crippen LogP contribution in [0.1, 0.15) is 17.8 Å². The summed E-state index contributed by atoms with van der Waals surface area (Å²) in [6, 6.07) is 14.9. The second-order valence-corrected chi connectivity index (χ2v) is 5.95. The molecule has 0 spiro atoms. The Kier molecular flexibility index (Phi) is 3.81. The van der Waals surface area contributed by atoms with Crippen LogP contribution in [-0.2, 0) is 0 Å². The van der Waals surface area contributed by atoms with Crippen molar-refractivity contribution in [1.82, 2.24) is 10.3 Å². The van der Waals surface area contributed by atoms with Gasteiger partial charge in [0.1, 0.15) is 0 Å². The molecule has 0 radical (unpaired) electrons. The molecule has 2 nitrogen and oxygen atoms in total. The van der Waals surface area contributed by atoms with E-state index >= 15 is 0 Å². The second kappa shape index (κ2) is 5.73. The number of nitrogens with zero attached hydrogens (tertiary/aromatic N) is 1. The average molecular weight is 282 g/mol. The minimum absolute atomic E-state index is 0.453. The van der Waals surface area contributed by atoms with E-state index in [0.29, 0.717) is 5.92 Å². The molecule has 0 aliphatic heterocycles. The maximum atomic E-state index is 4.83. The van der Waals surface area contributed by atoms with E-state index in [1.165, 1.54) is 21.3 Å². The summed E-state index contributed by atoms with van der Waals surface area (Å²) in [5.41, 5.74) is 2.31. The van der Waals surface area contributed by atoms with Gasteiger partial charge in [-0.1, -0.05) is 49.4 Å². The van der Waals surface area contributed by atoms with Crippen molar-refractivity contribution < 1.29 is 0 Å². The average Bonchev–Trinajstić information content (AvgIpc) is 2.97. The maximum Gasteiger partial charge on any atom is 0.0973 e. The lowest BCUT2D eigenvalue weighted by Gasteiger charge is -2.06. The van der Waals surface area contributed by atoms with E-state index in [0.717, 1.165) is 12.2 Å². The minimum atomic E-state index is 0.453. The fourth-order valence-corrected chi connectivity index (χ4v) is 3.36. The number of nitrogens with one attached hydrogen (secondary N) is 1. The number of benzene rings is 2. The van der Waals surface area contributed by atoms with Crippen LogP contribution < -0.4 is 5.32 Å². The summed E-state index contributed by atoms with van der Waals surface area (Å²) in [5, 5.41) is 9.12. The molecular weight excluding hydrogens is 264 g/mol. The van der Waals surface area contributed by atoms with E-state index in [2.05, 4.69) is 60.1 Å². The monoisotopic (exact) mass is 282 g/mol. The zero-order chi connectivity index (χ0) is 13.9. The van der Waals surface area contributed by atoms with E-state index in [4.69, 9.17) is 4.98 Å². The van der Waals surface area contributed by atoms with Gasteiger partial charge in [-0.15, -0.1) is 11.3 Å². The highest BCUT2D eigenvalue weighted by atomic mass is 32.1. The summed E-state index contributed by atoms with van der Waals surface area (Å²) >= 11 is 1.75. The summed E-state index contributed by atoms with van der Waals surface area (Å²) in [6.45, 7) is 3.17. The van der Waals surface area contributed by atoms with Crippen molar-refractivity contribution in [3.63, 3.8) is 0 Å². The van der Waals surface area contributed by atoms with E-state index < -0.39 is 0 Å². The highest BCUT2D eigenvalue weighted by Crippen LogP contribution is 2.31. The number of rotatable bonds is 4. The van der Waals surface area contributed by atoms with Crippen molar-refractivity contribution in [2.75, 3.05) is 13.6 Å². The minimum Gasteiger partial charge on any atom is -0.319 e. The first-order valence-corrected chi connectivity index (χ1v) is 7.75. The number of aromatic nitrogens is 1. The Morgan fingerprint density at radius 2 is 1.95 bits per heavy atom. The summed E-state index contributed by atoms with van der Waals surface area (Å²) in [6.07, 6.45) is 0. The van der Waals surface area contributed by atoms with E-state index in [9.17, 15) is 0 Å². The summed E-state index contributed by atoms with van der Waals surface area (Å²) in [5.74, 6) is 0.453. The van der Waals surface area contributed by atoms with Crippen LogP contribution in [0.5, 0.6) is 0 Å². The zero-order valence-electron chi connectivity index (χ0n) is 11.8. The van der Waals surface area contributed by atoms with Gasteiger partial charge >= 0.3 is 0 Å². The Morgan fingerprint density at radius 3 is 2.80 bits per heavy atom. The first-order chi connectivity index (χ1) is 9.79. The molecule has 0 aliphatic carbocycles. The molecule has 0 aliphatic rings. The van der Waals surface area contributed by atoms with Crippen LogP contribution in [0.3, 0.4) is 0 Å². The van der Waals surface area contributed by atoms with Crippen LogP contribution in [0.2, 0.25) is 0 Å². The molecule has 1 aromatic heterocycles. The highest BCUT2D eigenvalue weighted by Gasteiger charge is 2.12. The van der Waals surface area contributed by atoms with E-state index in [-0.39, 0.29) is 0 Å². The molecule has 3 heteroatoms. The molecule has 1 atom stereocenters. The van der Waals surface area contributed by atoms with Gasteiger partial charge in [0.2, 0.25) is 0 Å².